The molecule has 2 aliphatic heterocycles. The Bertz CT molecular complexity index is 1540. The van der Waals surface area contributed by atoms with Gasteiger partial charge in [0.25, 0.3) is 11.8 Å². The minimum atomic E-state index is -0.582. The fraction of sp³-hybridized carbons (Fsp3) is 0.276. The van der Waals surface area contributed by atoms with Crippen LogP contribution in [0.4, 0.5) is 0 Å². The van der Waals surface area contributed by atoms with Crippen molar-refractivity contribution >= 4 is 28.9 Å². The molecule has 2 amide bonds. The van der Waals surface area contributed by atoms with Crippen molar-refractivity contribution in [1.82, 2.24) is 5.06 Å². The highest BCUT2D eigenvalue weighted by Gasteiger charge is 2.32. The molecule has 0 saturated carbocycles. The van der Waals surface area contributed by atoms with E-state index in [9.17, 15) is 19.5 Å². The molecule has 0 aliphatic carbocycles. The Morgan fingerprint density at radius 2 is 1.78 bits per heavy atom. The zero-order valence-electron chi connectivity index (χ0n) is 21.1. The topological polar surface area (TPSA) is 106 Å². The van der Waals surface area contributed by atoms with Crippen LogP contribution in [0.3, 0.4) is 0 Å². The molecule has 0 bridgehead atoms. The van der Waals surface area contributed by atoms with Crippen LogP contribution in [0.2, 0.25) is 0 Å². The molecule has 2 aromatic carbocycles. The van der Waals surface area contributed by atoms with Gasteiger partial charge in [-0.05, 0) is 64.0 Å². The number of phenols is 1. The minimum Gasteiger partial charge on any atom is -0.507 e. The van der Waals surface area contributed by atoms with Gasteiger partial charge in [0.2, 0.25) is 5.43 Å². The van der Waals surface area contributed by atoms with Gasteiger partial charge < -0.3 is 19.1 Å². The summed E-state index contributed by atoms with van der Waals surface area (Å²) in [4.78, 5) is 42.7. The van der Waals surface area contributed by atoms with Crippen molar-refractivity contribution in [3.63, 3.8) is 0 Å². The van der Waals surface area contributed by atoms with Gasteiger partial charge in [-0.1, -0.05) is 23.8 Å². The fourth-order valence-electron chi connectivity index (χ4n) is 4.41. The first-order valence-corrected chi connectivity index (χ1v) is 12.0. The maximum atomic E-state index is 13.7. The largest absolute Gasteiger partial charge is 0.507 e. The molecule has 8 nitrogen and oxygen atoms in total. The van der Waals surface area contributed by atoms with Gasteiger partial charge in [0.05, 0.1) is 11.1 Å². The molecule has 8 heteroatoms. The lowest BCUT2D eigenvalue weighted by atomic mass is 9.93. The predicted octanol–water partition coefficient (Wildman–Crippen LogP) is 5.30. The minimum absolute atomic E-state index is 0.0787. The molecule has 1 N–H and O–H groups in total. The van der Waals surface area contributed by atoms with Gasteiger partial charge in [-0.25, -0.2) is 0 Å². The molecule has 0 spiro atoms. The Kier molecular flexibility index (Phi) is 5.90. The number of fused-ring (bicyclic) bond motifs is 3. The first-order valence-electron chi connectivity index (χ1n) is 12.0. The quantitative estimate of drug-likeness (QED) is 0.373. The predicted molar refractivity (Wildman–Crippen MR) is 138 cm³/mol. The number of ether oxygens (including phenoxy) is 1. The summed E-state index contributed by atoms with van der Waals surface area (Å²) in [6.45, 7) is 7.76. The van der Waals surface area contributed by atoms with Crippen LogP contribution in [0.15, 0.2) is 57.5 Å². The first-order chi connectivity index (χ1) is 17.6. The highest BCUT2D eigenvalue weighted by molar-refractivity contribution is 6.01. The van der Waals surface area contributed by atoms with Crippen LogP contribution in [0.1, 0.15) is 51.7 Å². The molecule has 2 aliphatic rings. The Hall–Kier alpha value is -4.33. The highest BCUT2D eigenvalue weighted by Crippen LogP contribution is 2.44. The van der Waals surface area contributed by atoms with Crippen molar-refractivity contribution in [3.05, 3.63) is 69.6 Å². The Labute approximate surface area is 213 Å². The molecular formula is C29H27NO7. The van der Waals surface area contributed by atoms with Gasteiger partial charge in [0.1, 0.15) is 28.7 Å². The van der Waals surface area contributed by atoms with E-state index in [4.69, 9.17) is 14.0 Å². The summed E-state index contributed by atoms with van der Waals surface area (Å²) in [5.41, 5.74) is 2.25. The van der Waals surface area contributed by atoms with E-state index in [1.54, 1.807) is 24.3 Å². The number of imide groups is 1. The number of nitrogens with zero attached hydrogens (tertiary/aromatic N) is 1. The molecular weight excluding hydrogens is 474 g/mol. The Balaban J connectivity index is 1.60. The Morgan fingerprint density at radius 3 is 2.43 bits per heavy atom. The van der Waals surface area contributed by atoms with Crippen LogP contribution in [-0.4, -0.2) is 27.6 Å². The zero-order chi connectivity index (χ0) is 26.5. The van der Waals surface area contributed by atoms with E-state index in [1.165, 1.54) is 6.26 Å². The molecule has 0 unspecified atom stereocenters. The van der Waals surface area contributed by atoms with Crippen LogP contribution in [0.25, 0.3) is 28.2 Å². The van der Waals surface area contributed by atoms with Crippen molar-refractivity contribution in [2.24, 2.45) is 0 Å². The van der Waals surface area contributed by atoms with Gasteiger partial charge >= 0.3 is 0 Å². The molecule has 1 fully saturated rings. The van der Waals surface area contributed by atoms with Gasteiger partial charge in [-0.3, -0.25) is 14.4 Å². The standard InChI is InChI=1S/C29H27NO7/c1-16(2)5-10-19-25(33)24-26(34)21(15-35-28(24)20-13-14-29(3,4)36-27(19)20)17-6-8-18(9-7-17)37-30-22(31)11-12-23(30)32/h5-9,13-15,33H,10-12H2,1-4H3. The third-order valence-electron chi connectivity index (χ3n) is 6.38. The van der Waals surface area contributed by atoms with Crippen molar-refractivity contribution in [3.8, 4) is 28.4 Å². The first kappa shape index (κ1) is 24.4. The van der Waals surface area contributed by atoms with Gasteiger partial charge in [0.15, 0.2) is 11.3 Å². The summed E-state index contributed by atoms with van der Waals surface area (Å²) in [5.74, 6) is -0.178. The second-order valence-corrected chi connectivity index (χ2v) is 9.97. The van der Waals surface area contributed by atoms with E-state index in [2.05, 4.69) is 0 Å². The monoisotopic (exact) mass is 501 g/mol. The lowest BCUT2D eigenvalue weighted by Gasteiger charge is -2.30. The number of phenolic OH excluding ortho intramolecular Hbond substituents is 1. The number of benzene rings is 2. The number of hydrogen-bond donors (Lipinski definition) is 1. The molecule has 1 saturated heterocycles. The number of hydrogen-bond acceptors (Lipinski definition) is 7. The number of aromatic hydroxyl groups is 1. The zero-order valence-corrected chi connectivity index (χ0v) is 21.1. The van der Waals surface area contributed by atoms with Crippen molar-refractivity contribution in [2.75, 3.05) is 0 Å². The van der Waals surface area contributed by atoms with Crippen LogP contribution in [0.5, 0.6) is 17.2 Å². The second-order valence-electron chi connectivity index (χ2n) is 9.97. The molecule has 0 radical (unpaired) electrons. The van der Waals surface area contributed by atoms with E-state index in [1.807, 2.05) is 45.9 Å². The SMILES string of the molecule is CC(C)=CCc1c2c(c3occ(-c4ccc(ON5C(=O)CCC5=O)cc4)c(=O)c3c1O)C=CC(C)(C)O2. The molecule has 0 atom stereocenters. The van der Waals surface area contributed by atoms with Gasteiger partial charge in [0, 0.05) is 18.4 Å². The van der Waals surface area contributed by atoms with Gasteiger partial charge in [-0.15, -0.1) is 5.06 Å². The smallest absolute Gasteiger partial charge is 0.263 e. The van der Waals surface area contributed by atoms with Crippen molar-refractivity contribution in [2.45, 2.75) is 52.6 Å². The van der Waals surface area contributed by atoms with E-state index >= 15 is 0 Å². The maximum absolute atomic E-state index is 13.7. The fourth-order valence-corrected chi connectivity index (χ4v) is 4.41. The molecule has 1 aromatic heterocycles. The number of hydroxylamine groups is 2. The summed E-state index contributed by atoms with van der Waals surface area (Å²) in [6, 6.07) is 6.38. The van der Waals surface area contributed by atoms with Crippen molar-refractivity contribution in [1.29, 1.82) is 0 Å². The number of allylic oxidation sites excluding steroid dienone is 2. The van der Waals surface area contributed by atoms with Crippen LogP contribution in [0, 0.1) is 0 Å². The molecule has 5 rings (SSSR count). The van der Waals surface area contributed by atoms with Crippen molar-refractivity contribution < 1.29 is 28.7 Å². The van der Waals surface area contributed by atoms with Crippen LogP contribution < -0.4 is 15.0 Å². The molecule has 3 heterocycles. The molecule has 190 valence electrons. The number of amides is 2. The third kappa shape index (κ3) is 4.39. The average molecular weight is 502 g/mol. The summed E-state index contributed by atoms with van der Waals surface area (Å²) in [6.07, 6.45) is 7.71. The normalized spacial score (nSPS) is 16.1. The summed E-state index contributed by atoms with van der Waals surface area (Å²) >= 11 is 0. The maximum Gasteiger partial charge on any atom is 0.263 e. The van der Waals surface area contributed by atoms with Gasteiger partial charge in [-0.2, -0.15) is 0 Å². The van der Waals surface area contributed by atoms with E-state index < -0.39 is 22.8 Å². The lowest BCUT2D eigenvalue weighted by Crippen LogP contribution is -2.32. The number of rotatable bonds is 5. The molecule has 37 heavy (non-hydrogen) atoms. The van der Waals surface area contributed by atoms with E-state index in [0.29, 0.717) is 28.9 Å². The Morgan fingerprint density at radius 1 is 1.11 bits per heavy atom. The molecule has 3 aromatic rings. The number of carbonyl (C=O) groups excluding carboxylic acids is 2. The second kappa shape index (κ2) is 8.96. The summed E-state index contributed by atoms with van der Waals surface area (Å²) in [5, 5.41) is 12.1. The summed E-state index contributed by atoms with van der Waals surface area (Å²) in [7, 11) is 0. The number of carbonyl (C=O) groups is 2. The van der Waals surface area contributed by atoms with Crippen LogP contribution >= 0.6 is 0 Å². The van der Waals surface area contributed by atoms with E-state index in [0.717, 1.165) is 10.6 Å². The van der Waals surface area contributed by atoms with E-state index in [-0.39, 0.29) is 40.9 Å². The lowest BCUT2D eigenvalue weighted by molar-refractivity contribution is -0.164. The third-order valence-corrected chi connectivity index (χ3v) is 6.38. The van der Waals surface area contributed by atoms with Crippen LogP contribution in [-0.2, 0) is 16.0 Å². The summed E-state index contributed by atoms with van der Waals surface area (Å²) < 4.78 is 12.1. The average Bonchev–Trinajstić information content (AvgIpc) is 3.16. The highest BCUT2D eigenvalue weighted by atomic mass is 16.7.